The highest BCUT2D eigenvalue weighted by molar-refractivity contribution is 6.06. The van der Waals surface area contributed by atoms with E-state index in [0.717, 1.165) is 58.7 Å². The van der Waals surface area contributed by atoms with Crippen molar-refractivity contribution in [1.29, 1.82) is 0 Å². The van der Waals surface area contributed by atoms with E-state index in [4.69, 9.17) is 4.98 Å². The maximum atomic E-state index is 13.6. The van der Waals surface area contributed by atoms with Crippen molar-refractivity contribution in [3.63, 3.8) is 0 Å². The summed E-state index contributed by atoms with van der Waals surface area (Å²) in [5, 5.41) is 5.31. The number of aromatic nitrogens is 5. The van der Waals surface area contributed by atoms with Gasteiger partial charge in [0.1, 0.15) is 5.82 Å². The van der Waals surface area contributed by atoms with Crippen LogP contribution in [0.5, 0.6) is 0 Å². The molecule has 7 heteroatoms. The minimum atomic E-state index is -0.0413. The quantitative estimate of drug-likeness (QED) is 0.583. The van der Waals surface area contributed by atoms with E-state index in [1.54, 1.807) is 4.68 Å². The number of benzene rings is 1. The first-order valence-corrected chi connectivity index (χ1v) is 9.59. The Kier molecular flexibility index (Phi) is 3.72. The minimum absolute atomic E-state index is 0.0227. The fourth-order valence-corrected chi connectivity index (χ4v) is 4.32. The lowest BCUT2D eigenvalue weighted by atomic mass is 10.1. The number of nitrogens with one attached hydrogen (secondary N) is 1. The summed E-state index contributed by atoms with van der Waals surface area (Å²) >= 11 is 0. The molecule has 1 amide bonds. The van der Waals surface area contributed by atoms with Crippen LogP contribution in [0.1, 0.15) is 46.5 Å². The first-order chi connectivity index (χ1) is 13.5. The number of pyridine rings is 1. The summed E-state index contributed by atoms with van der Waals surface area (Å²) in [5.41, 5.74) is 5.01. The minimum Gasteiger partial charge on any atom is -0.340 e. The number of nitrogens with zero attached hydrogens (tertiary/aromatic N) is 5. The van der Waals surface area contributed by atoms with Crippen molar-refractivity contribution in [2.75, 3.05) is 6.54 Å². The standard InChI is InChI=1S/C21H22N6O/c1-12-11-14(18-13(2)25-26(3)20(18)22-12)21(28)27-10-6-9-17(27)19-23-15-7-4-5-8-16(15)24-19/h4-5,7-8,11,17H,6,9-10H2,1-3H3,(H,23,24). The van der Waals surface area contributed by atoms with Crippen molar-refractivity contribution in [2.45, 2.75) is 32.7 Å². The number of carbonyl (C=O) groups is 1. The van der Waals surface area contributed by atoms with Gasteiger partial charge in [-0.3, -0.25) is 9.48 Å². The molecule has 4 heterocycles. The van der Waals surface area contributed by atoms with Gasteiger partial charge < -0.3 is 9.88 Å². The van der Waals surface area contributed by atoms with Crippen LogP contribution in [-0.2, 0) is 7.05 Å². The van der Waals surface area contributed by atoms with E-state index in [1.165, 1.54) is 0 Å². The summed E-state index contributed by atoms with van der Waals surface area (Å²) < 4.78 is 1.75. The molecular formula is C21H22N6O. The number of aryl methyl sites for hydroxylation is 3. The van der Waals surface area contributed by atoms with Gasteiger partial charge in [0, 0.05) is 19.3 Å². The zero-order valence-corrected chi connectivity index (χ0v) is 16.2. The monoisotopic (exact) mass is 374 g/mol. The predicted octanol–water partition coefficient (Wildman–Crippen LogP) is 3.44. The third-order valence-electron chi connectivity index (χ3n) is 5.56. The van der Waals surface area contributed by atoms with Crippen LogP contribution in [0.15, 0.2) is 30.3 Å². The van der Waals surface area contributed by atoms with Crippen LogP contribution >= 0.6 is 0 Å². The zero-order chi connectivity index (χ0) is 19.4. The number of carbonyl (C=O) groups excluding carboxylic acids is 1. The number of imidazole rings is 1. The number of rotatable bonds is 2. The van der Waals surface area contributed by atoms with Gasteiger partial charge in [-0.25, -0.2) is 9.97 Å². The highest BCUT2D eigenvalue weighted by atomic mass is 16.2. The molecule has 1 fully saturated rings. The second-order valence-corrected chi connectivity index (χ2v) is 7.51. The molecule has 0 saturated carbocycles. The van der Waals surface area contributed by atoms with Gasteiger partial charge in [-0.1, -0.05) is 12.1 Å². The molecule has 4 aromatic rings. The predicted molar refractivity (Wildman–Crippen MR) is 107 cm³/mol. The van der Waals surface area contributed by atoms with E-state index in [0.29, 0.717) is 5.56 Å². The van der Waals surface area contributed by atoms with Crippen molar-refractivity contribution in [1.82, 2.24) is 29.6 Å². The molecule has 0 radical (unpaired) electrons. The van der Waals surface area contributed by atoms with Crippen LogP contribution in [0.4, 0.5) is 0 Å². The van der Waals surface area contributed by atoms with Crippen molar-refractivity contribution in [3.8, 4) is 0 Å². The normalized spacial score (nSPS) is 17.1. The third-order valence-corrected chi connectivity index (χ3v) is 5.56. The van der Waals surface area contributed by atoms with Crippen LogP contribution < -0.4 is 0 Å². The summed E-state index contributed by atoms with van der Waals surface area (Å²) in [6.45, 7) is 4.57. The van der Waals surface area contributed by atoms with E-state index in [-0.39, 0.29) is 11.9 Å². The summed E-state index contributed by atoms with van der Waals surface area (Å²) in [4.78, 5) is 28.3. The number of amides is 1. The highest BCUT2D eigenvalue weighted by Gasteiger charge is 2.34. The number of fused-ring (bicyclic) bond motifs is 2. The molecular weight excluding hydrogens is 352 g/mol. The van der Waals surface area contributed by atoms with E-state index >= 15 is 0 Å². The lowest BCUT2D eigenvalue weighted by Crippen LogP contribution is -2.31. The molecule has 0 aliphatic carbocycles. The zero-order valence-electron chi connectivity index (χ0n) is 16.2. The van der Waals surface area contributed by atoms with Gasteiger partial charge in [-0.15, -0.1) is 0 Å². The van der Waals surface area contributed by atoms with Gasteiger partial charge in [0.15, 0.2) is 5.65 Å². The van der Waals surface area contributed by atoms with Crippen LogP contribution in [0.25, 0.3) is 22.1 Å². The summed E-state index contributed by atoms with van der Waals surface area (Å²) in [5.74, 6) is 0.881. The van der Waals surface area contributed by atoms with Gasteiger partial charge in [-0.05, 0) is 44.9 Å². The van der Waals surface area contributed by atoms with Gasteiger partial charge in [0.25, 0.3) is 5.91 Å². The van der Waals surface area contributed by atoms with E-state index in [9.17, 15) is 4.79 Å². The number of likely N-dealkylation sites (tertiary alicyclic amines) is 1. The molecule has 1 aliphatic heterocycles. The molecule has 1 aliphatic rings. The maximum Gasteiger partial charge on any atom is 0.255 e. The topological polar surface area (TPSA) is 79.7 Å². The maximum absolute atomic E-state index is 13.6. The van der Waals surface area contributed by atoms with Crippen molar-refractivity contribution in [2.24, 2.45) is 7.05 Å². The van der Waals surface area contributed by atoms with Crippen molar-refractivity contribution in [3.05, 3.63) is 53.1 Å². The molecule has 0 bridgehead atoms. The number of para-hydroxylation sites is 2. The summed E-state index contributed by atoms with van der Waals surface area (Å²) in [7, 11) is 1.86. The average Bonchev–Trinajstić information content (AvgIpc) is 3.38. The van der Waals surface area contributed by atoms with Crippen LogP contribution in [0.2, 0.25) is 0 Å². The molecule has 28 heavy (non-hydrogen) atoms. The second-order valence-electron chi connectivity index (χ2n) is 7.51. The first-order valence-electron chi connectivity index (χ1n) is 9.59. The molecule has 0 spiro atoms. The first kappa shape index (κ1) is 16.9. The lowest BCUT2D eigenvalue weighted by Gasteiger charge is -2.23. The Bertz CT molecular complexity index is 1190. The number of H-pyrrole nitrogens is 1. The molecule has 5 rings (SSSR count). The van der Waals surface area contributed by atoms with Crippen LogP contribution in [0, 0.1) is 13.8 Å². The van der Waals surface area contributed by atoms with Gasteiger partial charge in [-0.2, -0.15) is 5.10 Å². The van der Waals surface area contributed by atoms with Gasteiger partial charge >= 0.3 is 0 Å². The summed E-state index contributed by atoms with van der Waals surface area (Å²) in [6.07, 6.45) is 1.87. The Morgan fingerprint density at radius 3 is 2.86 bits per heavy atom. The Morgan fingerprint density at radius 1 is 1.21 bits per heavy atom. The molecule has 1 N–H and O–H groups in total. The van der Waals surface area contributed by atoms with E-state index in [1.807, 2.05) is 56.1 Å². The van der Waals surface area contributed by atoms with E-state index < -0.39 is 0 Å². The number of hydrogen-bond donors (Lipinski definition) is 1. The van der Waals surface area contributed by atoms with Crippen molar-refractivity contribution >= 4 is 28.0 Å². The molecule has 3 aromatic heterocycles. The fraction of sp³-hybridized carbons (Fsp3) is 0.333. The molecule has 1 aromatic carbocycles. The Labute approximate surface area is 162 Å². The van der Waals surface area contributed by atoms with Crippen LogP contribution in [0.3, 0.4) is 0 Å². The Balaban J connectivity index is 1.59. The molecule has 1 unspecified atom stereocenters. The molecule has 1 atom stereocenters. The van der Waals surface area contributed by atoms with Gasteiger partial charge in [0.2, 0.25) is 0 Å². The Morgan fingerprint density at radius 2 is 2.04 bits per heavy atom. The fourth-order valence-electron chi connectivity index (χ4n) is 4.32. The smallest absolute Gasteiger partial charge is 0.255 e. The lowest BCUT2D eigenvalue weighted by molar-refractivity contribution is 0.0732. The average molecular weight is 374 g/mol. The number of hydrogen-bond acceptors (Lipinski definition) is 4. The largest absolute Gasteiger partial charge is 0.340 e. The van der Waals surface area contributed by atoms with Crippen LogP contribution in [-0.4, -0.2) is 42.1 Å². The second kappa shape index (κ2) is 6.15. The molecule has 142 valence electrons. The SMILES string of the molecule is Cc1cc(C(=O)N2CCCC2c2nc3ccccc3[nH]2)c2c(C)nn(C)c2n1. The van der Waals surface area contributed by atoms with Gasteiger partial charge in [0.05, 0.1) is 33.7 Å². The van der Waals surface area contributed by atoms with E-state index in [2.05, 4.69) is 15.1 Å². The van der Waals surface area contributed by atoms with Crippen molar-refractivity contribution < 1.29 is 4.79 Å². The Hall–Kier alpha value is -3.22. The highest BCUT2D eigenvalue weighted by Crippen LogP contribution is 2.34. The number of aromatic amines is 1. The summed E-state index contributed by atoms with van der Waals surface area (Å²) in [6, 6.07) is 9.82. The molecule has 7 nitrogen and oxygen atoms in total. The molecule has 1 saturated heterocycles. The third kappa shape index (κ3) is 2.50.